The molecule has 4 saturated heterocycles. The number of piperazine rings is 2. The number of ketones is 2. The second-order valence-corrected chi connectivity index (χ2v) is 23.6. The Morgan fingerprint density at radius 2 is 1.01 bits per heavy atom. The van der Waals surface area contributed by atoms with Gasteiger partial charge < -0.3 is 34.7 Å². The van der Waals surface area contributed by atoms with Crippen molar-refractivity contribution in [3.8, 4) is 0 Å². The quantitative estimate of drug-likeness (QED) is 0.129. The Balaban J connectivity index is 0.000000148. The van der Waals surface area contributed by atoms with Crippen LogP contribution in [0.15, 0.2) is 36.4 Å². The highest BCUT2D eigenvalue weighted by atomic mass is 16.4. The summed E-state index contributed by atoms with van der Waals surface area (Å²) >= 11 is 0. The van der Waals surface area contributed by atoms with Crippen molar-refractivity contribution in [1.82, 2.24) is 39.6 Å². The minimum Gasteiger partial charge on any atom is -0.476 e. The number of nitrogens with zero attached hydrogens (tertiary/aromatic N) is 9. The zero-order valence-corrected chi connectivity index (χ0v) is 45.9. The van der Waals surface area contributed by atoms with E-state index >= 15 is 0 Å². The number of aromatic carboxylic acids is 1. The molecule has 75 heavy (non-hydrogen) atoms. The predicted molar refractivity (Wildman–Crippen MR) is 294 cm³/mol. The number of likely N-dealkylation sites (tertiary alicyclic amines) is 1. The van der Waals surface area contributed by atoms with E-state index in [4.69, 9.17) is 5.10 Å². The number of aromatic nitrogens is 4. The number of carboxylic acids is 1. The number of rotatable bonds is 14. The van der Waals surface area contributed by atoms with Gasteiger partial charge in [0.05, 0.1) is 13.1 Å². The standard InChI is InChI=1S/C30H41N5O2.C22H28N4O2.C8H15NO/c1-20-5-4-6-26(22(20)3)33-14-11-32(12-15-33)13-16-35-27-19-24-18-25(24)28(27)29(31-35)30(37)34-9-7-23(8-10-34)17-21(2)36;1-14-4-3-5-18(15(14)2)25-9-6-24(7-10-25)8-11-26-19-13-16-12-17(16)20(19)21(23-26)22(27)28;1-7(10)6-8-2-4-9-5-3-8/h4-6,23-25H,7-19H2,1-3H3;3-5,16-17H,6-13H2,1-2H3,(H,27,28);8-9H,2-6H2,1H3/t24-,25-;16-,17-;/m11./s1. The molecule has 15 heteroatoms. The zero-order chi connectivity index (χ0) is 52.5. The van der Waals surface area contributed by atoms with Crippen LogP contribution >= 0.6 is 0 Å². The van der Waals surface area contributed by atoms with Crippen molar-refractivity contribution in [3.63, 3.8) is 0 Å². The topological polar surface area (TPSA) is 152 Å². The van der Waals surface area contributed by atoms with Gasteiger partial charge in [-0.2, -0.15) is 10.2 Å². The van der Waals surface area contributed by atoms with Crippen molar-refractivity contribution in [2.75, 3.05) is 101 Å². The van der Waals surface area contributed by atoms with E-state index in [0.717, 1.165) is 160 Å². The first-order chi connectivity index (χ1) is 36.2. The number of nitrogens with one attached hydrogen (secondary N) is 1. The van der Waals surface area contributed by atoms with Crippen LogP contribution in [0.1, 0.15) is 143 Å². The molecule has 0 unspecified atom stereocenters. The molecule has 4 aliphatic heterocycles. The fraction of sp³-hybridized carbons (Fsp3) is 0.633. The van der Waals surface area contributed by atoms with Crippen LogP contribution in [0, 0.1) is 51.4 Å². The summed E-state index contributed by atoms with van der Waals surface area (Å²) in [4.78, 5) is 59.4. The van der Waals surface area contributed by atoms with Crippen LogP contribution < -0.4 is 15.1 Å². The number of fused-ring (bicyclic) bond motifs is 6. The molecule has 2 aromatic heterocycles. The van der Waals surface area contributed by atoms with Crippen molar-refractivity contribution >= 4 is 34.8 Å². The highest BCUT2D eigenvalue weighted by Crippen LogP contribution is 2.58. The Morgan fingerprint density at radius 1 is 0.573 bits per heavy atom. The van der Waals surface area contributed by atoms with Crippen molar-refractivity contribution < 1.29 is 24.3 Å². The molecule has 2 N–H and O–H groups in total. The molecule has 15 nitrogen and oxygen atoms in total. The van der Waals surface area contributed by atoms with Crippen LogP contribution in [-0.4, -0.2) is 154 Å². The van der Waals surface area contributed by atoms with Crippen molar-refractivity contribution in [2.24, 2.45) is 23.7 Å². The van der Waals surface area contributed by atoms with Gasteiger partial charge in [-0.15, -0.1) is 0 Å². The minimum absolute atomic E-state index is 0.117. The number of carbonyl (C=O) groups is 4. The molecule has 4 aromatic rings. The monoisotopic (exact) mass is 1020 g/mol. The Labute approximate surface area is 445 Å². The van der Waals surface area contributed by atoms with Crippen LogP contribution in [-0.2, 0) is 35.5 Å². The average Bonchev–Trinajstić information content (AvgIpc) is 4.18. The Kier molecular flexibility index (Phi) is 16.3. The fourth-order valence-electron chi connectivity index (χ4n) is 13.5. The van der Waals surface area contributed by atoms with Gasteiger partial charge in [-0.3, -0.25) is 24.0 Å². The summed E-state index contributed by atoms with van der Waals surface area (Å²) in [6.07, 6.45) is 10.1. The van der Waals surface area contributed by atoms with E-state index in [2.05, 4.69) is 98.8 Å². The Bertz CT molecular complexity index is 2720. The van der Waals surface area contributed by atoms with Crippen LogP contribution in [0.5, 0.6) is 0 Å². The lowest BCUT2D eigenvalue weighted by atomic mass is 9.92. The van der Waals surface area contributed by atoms with E-state index in [1.54, 1.807) is 13.8 Å². The molecule has 1 amide bonds. The molecule has 2 aromatic carbocycles. The first kappa shape index (κ1) is 53.0. The lowest BCUT2D eigenvalue weighted by Gasteiger charge is -2.37. The normalized spacial score (nSPS) is 23.3. The summed E-state index contributed by atoms with van der Waals surface area (Å²) in [7, 11) is 0. The van der Waals surface area contributed by atoms with E-state index in [9.17, 15) is 24.3 Å². The second kappa shape index (κ2) is 23.1. The summed E-state index contributed by atoms with van der Waals surface area (Å²) < 4.78 is 4.16. The molecule has 404 valence electrons. The van der Waals surface area contributed by atoms with E-state index in [0.29, 0.717) is 47.5 Å². The van der Waals surface area contributed by atoms with Gasteiger partial charge in [-0.05, 0) is 176 Å². The molecular weight excluding hydrogens is 941 g/mol. The number of hydrogen-bond acceptors (Lipinski definition) is 11. The molecular formula is C60H84N10O5. The number of amides is 1. The molecule has 4 atom stereocenters. The van der Waals surface area contributed by atoms with Crippen molar-refractivity contribution in [2.45, 2.75) is 131 Å². The number of piperidine rings is 2. The third kappa shape index (κ3) is 12.1. The molecule has 6 heterocycles. The van der Waals surface area contributed by atoms with E-state index < -0.39 is 5.97 Å². The number of hydrogen-bond donors (Lipinski definition) is 2. The maximum atomic E-state index is 13.6. The minimum atomic E-state index is -0.871. The number of carbonyl (C=O) groups excluding carboxylic acids is 3. The highest BCUT2D eigenvalue weighted by Gasteiger charge is 2.51. The van der Waals surface area contributed by atoms with Gasteiger partial charge in [0.1, 0.15) is 11.6 Å². The van der Waals surface area contributed by atoms with Gasteiger partial charge in [0.25, 0.3) is 5.91 Å². The van der Waals surface area contributed by atoms with Crippen molar-refractivity contribution in [3.05, 3.63) is 92.6 Å². The fourth-order valence-corrected chi connectivity index (χ4v) is 13.5. The average molecular weight is 1030 g/mol. The van der Waals surface area contributed by atoms with Crippen LogP contribution in [0.2, 0.25) is 0 Å². The maximum Gasteiger partial charge on any atom is 0.356 e. The number of benzene rings is 2. The van der Waals surface area contributed by atoms with Gasteiger partial charge in [0, 0.05) is 125 Å². The third-order valence-corrected chi connectivity index (χ3v) is 18.4. The highest BCUT2D eigenvalue weighted by molar-refractivity contribution is 5.95. The van der Waals surface area contributed by atoms with Crippen LogP contribution in [0.25, 0.3) is 0 Å². The molecule has 4 aliphatic carbocycles. The lowest BCUT2D eigenvalue weighted by molar-refractivity contribution is -0.119. The Hall–Kier alpha value is -5.38. The molecule has 6 fully saturated rings. The van der Waals surface area contributed by atoms with E-state index in [-0.39, 0.29) is 11.7 Å². The summed E-state index contributed by atoms with van der Waals surface area (Å²) in [5.74, 6) is 3.36. The van der Waals surface area contributed by atoms with Gasteiger partial charge in [-0.1, -0.05) is 24.3 Å². The number of aryl methyl sites for hydroxylation is 2. The maximum absolute atomic E-state index is 13.6. The number of carboxylic acid groups (broad SMARTS) is 1. The first-order valence-electron chi connectivity index (χ1n) is 28.7. The molecule has 8 aliphatic rings. The third-order valence-electron chi connectivity index (χ3n) is 18.4. The zero-order valence-electron chi connectivity index (χ0n) is 45.9. The molecule has 0 bridgehead atoms. The van der Waals surface area contributed by atoms with Gasteiger partial charge in [0.15, 0.2) is 11.4 Å². The summed E-state index contributed by atoms with van der Waals surface area (Å²) in [6, 6.07) is 13.2. The molecule has 12 rings (SSSR count). The van der Waals surface area contributed by atoms with Gasteiger partial charge >= 0.3 is 5.97 Å². The lowest BCUT2D eigenvalue weighted by Crippen LogP contribution is -2.47. The smallest absolute Gasteiger partial charge is 0.356 e. The van der Waals surface area contributed by atoms with Crippen LogP contribution in [0.4, 0.5) is 11.4 Å². The second-order valence-electron chi connectivity index (χ2n) is 23.6. The first-order valence-corrected chi connectivity index (χ1v) is 28.7. The SMILES string of the molecule is CC(=O)CC1CCN(C(=O)c2nn(CCN3CCN(c4cccc(C)c4C)CC3)c3c2[C@@H]2C[C@@H]2C3)CC1.CC(=O)CC1CCNCC1.Cc1cccc(N2CCN(CCn3nc(C(=O)O)c4c3C[C@H]3C[C@@H]43)CC2)c1C. The molecule has 0 spiro atoms. The number of Topliss-reactive ketones (excluding diaryl/α,β-unsaturated/α-hetero) is 2. The Morgan fingerprint density at radius 3 is 1.47 bits per heavy atom. The van der Waals surface area contributed by atoms with E-state index in [1.807, 2.05) is 9.58 Å². The summed E-state index contributed by atoms with van der Waals surface area (Å²) in [5, 5.41) is 22.2. The summed E-state index contributed by atoms with van der Waals surface area (Å²) in [5.41, 5.74) is 14.0. The van der Waals surface area contributed by atoms with Crippen LogP contribution in [0.3, 0.4) is 0 Å². The molecule has 0 radical (unpaired) electrons. The van der Waals surface area contributed by atoms with Gasteiger partial charge in [0.2, 0.25) is 0 Å². The predicted octanol–water partition coefficient (Wildman–Crippen LogP) is 7.46. The van der Waals surface area contributed by atoms with E-state index in [1.165, 1.54) is 69.8 Å². The van der Waals surface area contributed by atoms with Gasteiger partial charge in [-0.25, -0.2) is 4.79 Å². The number of anilines is 2. The molecule has 2 saturated carbocycles. The largest absolute Gasteiger partial charge is 0.476 e. The van der Waals surface area contributed by atoms with Crippen molar-refractivity contribution in [1.29, 1.82) is 0 Å². The summed E-state index contributed by atoms with van der Waals surface area (Å²) in [6.45, 7) is 27.8.